The fourth-order valence-corrected chi connectivity index (χ4v) is 4.14. The standard InChI is InChI=1S/C20H20F3N3O4S/c21-20(22,23)15-4-3-5-16(12-15)25-31(29,30)17-8-6-14(7-9-17)19(28)24-13-18(27)26-10-1-2-11-26/h3-9,12,25H,1-2,10-11,13H2,(H,24,28). The minimum atomic E-state index is -4.60. The molecule has 2 aromatic rings. The summed E-state index contributed by atoms with van der Waals surface area (Å²) in [5, 5.41) is 2.49. The second-order valence-electron chi connectivity index (χ2n) is 6.98. The number of halogens is 3. The van der Waals surface area contributed by atoms with Crippen LogP contribution in [0, 0.1) is 0 Å². The van der Waals surface area contributed by atoms with Gasteiger partial charge in [-0.2, -0.15) is 13.2 Å². The van der Waals surface area contributed by atoms with E-state index in [2.05, 4.69) is 10.0 Å². The van der Waals surface area contributed by atoms with Crippen LogP contribution in [0.2, 0.25) is 0 Å². The van der Waals surface area contributed by atoms with Gasteiger partial charge in [-0.15, -0.1) is 0 Å². The molecule has 0 bridgehead atoms. The lowest BCUT2D eigenvalue weighted by Gasteiger charge is -2.15. The van der Waals surface area contributed by atoms with Crippen molar-refractivity contribution in [2.45, 2.75) is 23.9 Å². The van der Waals surface area contributed by atoms with Gasteiger partial charge in [-0.05, 0) is 55.3 Å². The highest BCUT2D eigenvalue weighted by Crippen LogP contribution is 2.31. The molecule has 7 nitrogen and oxygen atoms in total. The summed E-state index contributed by atoms with van der Waals surface area (Å²) in [6.07, 6.45) is -2.74. The van der Waals surface area contributed by atoms with Gasteiger partial charge >= 0.3 is 6.18 Å². The predicted molar refractivity (Wildman–Crippen MR) is 107 cm³/mol. The Hall–Kier alpha value is -3.08. The van der Waals surface area contributed by atoms with Crippen molar-refractivity contribution in [3.05, 3.63) is 59.7 Å². The summed E-state index contributed by atoms with van der Waals surface area (Å²) >= 11 is 0. The highest BCUT2D eigenvalue weighted by atomic mass is 32.2. The molecule has 1 aliphatic rings. The van der Waals surface area contributed by atoms with Crippen LogP contribution in [0.5, 0.6) is 0 Å². The number of alkyl halides is 3. The Bertz CT molecular complexity index is 1060. The first-order chi connectivity index (χ1) is 14.6. The molecular weight excluding hydrogens is 435 g/mol. The van der Waals surface area contributed by atoms with E-state index in [0.29, 0.717) is 19.2 Å². The third kappa shape index (κ3) is 5.75. The summed E-state index contributed by atoms with van der Waals surface area (Å²) in [5.74, 6) is -0.724. The number of likely N-dealkylation sites (tertiary alicyclic amines) is 1. The van der Waals surface area contributed by atoms with Crippen molar-refractivity contribution >= 4 is 27.5 Å². The summed E-state index contributed by atoms with van der Waals surface area (Å²) in [6, 6.07) is 8.66. The van der Waals surface area contributed by atoms with E-state index in [4.69, 9.17) is 0 Å². The fraction of sp³-hybridized carbons (Fsp3) is 0.300. The molecule has 0 unspecified atom stereocenters. The molecule has 1 saturated heterocycles. The molecule has 2 N–H and O–H groups in total. The van der Waals surface area contributed by atoms with Gasteiger partial charge in [-0.25, -0.2) is 8.42 Å². The second kappa shape index (κ2) is 8.96. The van der Waals surface area contributed by atoms with Crippen molar-refractivity contribution in [1.82, 2.24) is 10.2 Å². The highest BCUT2D eigenvalue weighted by molar-refractivity contribution is 7.92. The lowest BCUT2D eigenvalue weighted by atomic mass is 10.2. The number of nitrogens with zero attached hydrogens (tertiary/aromatic N) is 1. The maximum Gasteiger partial charge on any atom is 0.416 e. The van der Waals surface area contributed by atoms with Crippen molar-refractivity contribution in [2.75, 3.05) is 24.4 Å². The van der Waals surface area contributed by atoms with Crippen molar-refractivity contribution in [2.24, 2.45) is 0 Å². The molecule has 0 saturated carbocycles. The lowest BCUT2D eigenvalue weighted by Crippen LogP contribution is -2.38. The van der Waals surface area contributed by atoms with Gasteiger partial charge in [-0.1, -0.05) is 6.07 Å². The predicted octanol–water partition coefficient (Wildman–Crippen LogP) is 2.86. The van der Waals surface area contributed by atoms with Crippen LogP contribution in [-0.2, 0) is 21.0 Å². The van der Waals surface area contributed by atoms with Crippen LogP contribution >= 0.6 is 0 Å². The lowest BCUT2D eigenvalue weighted by molar-refractivity contribution is -0.137. The molecule has 1 heterocycles. The molecule has 0 spiro atoms. The number of nitrogens with one attached hydrogen (secondary N) is 2. The van der Waals surface area contributed by atoms with E-state index in [1.54, 1.807) is 4.90 Å². The van der Waals surface area contributed by atoms with E-state index < -0.39 is 27.7 Å². The summed E-state index contributed by atoms with van der Waals surface area (Å²) in [5.41, 5.74) is -1.08. The van der Waals surface area contributed by atoms with Gasteiger partial charge in [0.1, 0.15) is 0 Å². The van der Waals surface area contributed by atoms with E-state index in [1.165, 1.54) is 18.2 Å². The quantitative estimate of drug-likeness (QED) is 0.700. The minimum absolute atomic E-state index is 0.146. The molecule has 11 heteroatoms. The molecule has 0 aromatic heterocycles. The molecule has 166 valence electrons. The molecule has 0 radical (unpaired) electrons. The third-order valence-electron chi connectivity index (χ3n) is 4.73. The number of hydrogen-bond acceptors (Lipinski definition) is 4. The average Bonchev–Trinajstić information content (AvgIpc) is 3.26. The number of hydrogen-bond donors (Lipinski definition) is 2. The second-order valence-corrected chi connectivity index (χ2v) is 8.66. The van der Waals surface area contributed by atoms with E-state index in [9.17, 15) is 31.2 Å². The number of rotatable bonds is 6. The molecule has 1 fully saturated rings. The van der Waals surface area contributed by atoms with Crippen LogP contribution in [0.3, 0.4) is 0 Å². The fourth-order valence-electron chi connectivity index (χ4n) is 3.09. The van der Waals surface area contributed by atoms with Crippen molar-refractivity contribution in [1.29, 1.82) is 0 Å². The normalized spacial score (nSPS) is 14.4. The van der Waals surface area contributed by atoms with E-state index in [0.717, 1.165) is 37.1 Å². The Labute approximate surface area is 177 Å². The maximum absolute atomic E-state index is 12.8. The van der Waals surface area contributed by atoms with Gasteiger partial charge in [0.25, 0.3) is 15.9 Å². The van der Waals surface area contributed by atoms with Crippen LogP contribution in [0.15, 0.2) is 53.4 Å². The largest absolute Gasteiger partial charge is 0.416 e. The van der Waals surface area contributed by atoms with E-state index in [1.807, 2.05) is 0 Å². The number of sulfonamides is 1. The Kier molecular flexibility index (Phi) is 6.54. The number of carbonyl (C=O) groups excluding carboxylic acids is 2. The Balaban J connectivity index is 1.64. The summed E-state index contributed by atoms with van der Waals surface area (Å²) in [4.78, 5) is 25.6. The van der Waals surface area contributed by atoms with Crippen LogP contribution in [0.1, 0.15) is 28.8 Å². The molecule has 0 aliphatic carbocycles. The van der Waals surface area contributed by atoms with Gasteiger partial charge < -0.3 is 10.2 Å². The number of benzene rings is 2. The molecular formula is C20H20F3N3O4S. The molecule has 2 aromatic carbocycles. The maximum atomic E-state index is 12.8. The Morgan fingerprint density at radius 3 is 2.26 bits per heavy atom. The Morgan fingerprint density at radius 1 is 1.00 bits per heavy atom. The van der Waals surface area contributed by atoms with Crippen molar-refractivity contribution < 1.29 is 31.2 Å². The number of anilines is 1. The highest BCUT2D eigenvalue weighted by Gasteiger charge is 2.30. The Morgan fingerprint density at radius 2 is 1.65 bits per heavy atom. The monoisotopic (exact) mass is 455 g/mol. The van der Waals surface area contributed by atoms with Gasteiger partial charge in [0.2, 0.25) is 5.91 Å². The van der Waals surface area contributed by atoms with Crippen molar-refractivity contribution in [3.63, 3.8) is 0 Å². The molecule has 0 atom stereocenters. The molecule has 2 amide bonds. The zero-order chi connectivity index (χ0) is 22.6. The number of amides is 2. The molecule has 1 aliphatic heterocycles. The SMILES string of the molecule is O=C(NCC(=O)N1CCCC1)c1ccc(S(=O)(=O)Nc2cccc(C(F)(F)F)c2)cc1. The first kappa shape index (κ1) is 22.6. The molecule has 3 rings (SSSR count). The van der Waals surface area contributed by atoms with Crippen molar-refractivity contribution in [3.8, 4) is 0 Å². The zero-order valence-electron chi connectivity index (χ0n) is 16.3. The van der Waals surface area contributed by atoms with Crippen LogP contribution in [0.25, 0.3) is 0 Å². The number of carbonyl (C=O) groups is 2. The van der Waals surface area contributed by atoms with Gasteiger partial charge in [0, 0.05) is 24.3 Å². The summed E-state index contributed by atoms with van der Waals surface area (Å²) < 4.78 is 65.4. The third-order valence-corrected chi connectivity index (χ3v) is 6.13. The smallest absolute Gasteiger partial charge is 0.343 e. The zero-order valence-corrected chi connectivity index (χ0v) is 17.1. The summed E-state index contributed by atoms with van der Waals surface area (Å²) in [6.45, 7) is 1.18. The topological polar surface area (TPSA) is 95.6 Å². The first-order valence-electron chi connectivity index (χ1n) is 9.42. The molecule has 31 heavy (non-hydrogen) atoms. The van der Waals surface area contributed by atoms with Gasteiger partial charge in [0.15, 0.2) is 0 Å². The van der Waals surface area contributed by atoms with Gasteiger partial charge in [-0.3, -0.25) is 14.3 Å². The minimum Gasteiger partial charge on any atom is -0.343 e. The van der Waals surface area contributed by atoms with Gasteiger partial charge in [0.05, 0.1) is 17.0 Å². The average molecular weight is 455 g/mol. The summed E-state index contributed by atoms with van der Waals surface area (Å²) in [7, 11) is -4.16. The first-order valence-corrected chi connectivity index (χ1v) is 10.9. The van der Waals surface area contributed by atoms with E-state index >= 15 is 0 Å². The van der Waals surface area contributed by atoms with Crippen LogP contribution in [-0.4, -0.2) is 44.8 Å². The van der Waals surface area contributed by atoms with Crippen LogP contribution in [0.4, 0.5) is 18.9 Å². The van der Waals surface area contributed by atoms with Crippen LogP contribution < -0.4 is 10.0 Å². The van der Waals surface area contributed by atoms with E-state index in [-0.39, 0.29) is 28.6 Å².